The van der Waals surface area contributed by atoms with Gasteiger partial charge in [0, 0.05) is 13.2 Å². The fourth-order valence-electron chi connectivity index (χ4n) is 1.23. The molecule has 1 aromatic rings. The molecule has 17 heavy (non-hydrogen) atoms. The van der Waals surface area contributed by atoms with Crippen molar-refractivity contribution in [2.45, 2.75) is 13.8 Å². The summed E-state index contributed by atoms with van der Waals surface area (Å²) in [6, 6.07) is 3.34. The molecule has 96 valence electrons. The van der Waals surface area contributed by atoms with Crippen molar-refractivity contribution in [1.29, 1.82) is 0 Å². The first-order valence-electron chi connectivity index (χ1n) is 5.47. The zero-order chi connectivity index (χ0) is 12.8. The summed E-state index contributed by atoms with van der Waals surface area (Å²) in [5.41, 5.74) is 0.772. The second kappa shape index (κ2) is 7.32. The Hall–Kier alpha value is -0.150. The van der Waals surface area contributed by atoms with Crippen molar-refractivity contribution < 1.29 is 4.74 Å². The highest BCUT2D eigenvalue weighted by molar-refractivity contribution is 6.44. The van der Waals surface area contributed by atoms with Crippen LogP contribution in [0.2, 0.25) is 15.1 Å². The van der Waals surface area contributed by atoms with Gasteiger partial charge in [0.25, 0.3) is 0 Å². The highest BCUT2D eigenvalue weighted by Gasteiger charge is 2.05. The number of benzene rings is 1. The molecule has 0 aromatic heterocycles. The van der Waals surface area contributed by atoms with Crippen molar-refractivity contribution in [2.75, 3.05) is 25.1 Å². The van der Waals surface area contributed by atoms with E-state index in [4.69, 9.17) is 39.5 Å². The smallest absolute Gasteiger partial charge is 0.0653 e. The lowest BCUT2D eigenvalue weighted by Gasteiger charge is -2.11. The van der Waals surface area contributed by atoms with Crippen molar-refractivity contribution in [3.63, 3.8) is 0 Å². The van der Waals surface area contributed by atoms with E-state index < -0.39 is 0 Å². The summed E-state index contributed by atoms with van der Waals surface area (Å²) in [5.74, 6) is 0.545. The predicted octanol–water partition coefficient (Wildman–Crippen LogP) is 4.73. The molecule has 5 heteroatoms. The lowest BCUT2D eigenvalue weighted by molar-refractivity contribution is 0.118. The van der Waals surface area contributed by atoms with Gasteiger partial charge in [-0.2, -0.15) is 0 Å². The number of anilines is 1. The maximum atomic E-state index is 6.02. The standard InChI is InChI=1S/C12H16Cl3NO/c1-8(2)7-17-4-3-16-12-6-10(14)9(13)5-11(12)15/h5-6,8,16H,3-4,7H2,1-2H3. The zero-order valence-corrected chi connectivity index (χ0v) is 12.2. The van der Waals surface area contributed by atoms with Crippen LogP contribution in [0.15, 0.2) is 12.1 Å². The monoisotopic (exact) mass is 295 g/mol. The second-order valence-electron chi connectivity index (χ2n) is 4.14. The summed E-state index contributed by atoms with van der Waals surface area (Å²) in [6.45, 7) is 6.31. The van der Waals surface area contributed by atoms with Gasteiger partial charge in [0.1, 0.15) is 0 Å². The average Bonchev–Trinajstić information content (AvgIpc) is 2.24. The average molecular weight is 297 g/mol. The van der Waals surface area contributed by atoms with Crippen LogP contribution < -0.4 is 5.32 Å². The van der Waals surface area contributed by atoms with E-state index in [1.54, 1.807) is 12.1 Å². The maximum Gasteiger partial charge on any atom is 0.0653 e. The highest BCUT2D eigenvalue weighted by atomic mass is 35.5. The van der Waals surface area contributed by atoms with Crippen molar-refractivity contribution >= 4 is 40.5 Å². The summed E-state index contributed by atoms with van der Waals surface area (Å²) in [4.78, 5) is 0. The molecule has 0 bridgehead atoms. The van der Waals surface area contributed by atoms with Crippen LogP contribution in [-0.4, -0.2) is 19.8 Å². The molecular formula is C12H16Cl3NO. The van der Waals surface area contributed by atoms with E-state index in [2.05, 4.69) is 19.2 Å². The van der Waals surface area contributed by atoms with Crippen LogP contribution in [0.5, 0.6) is 0 Å². The second-order valence-corrected chi connectivity index (χ2v) is 5.36. The molecule has 0 amide bonds. The van der Waals surface area contributed by atoms with Crippen molar-refractivity contribution in [1.82, 2.24) is 0 Å². The van der Waals surface area contributed by atoms with Gasteiger partial charge in [0.15, 0.2) is 0 Å². The zero-order valence-electron chi connectivity index (χ0n) is 9.90. The Balaban J connectivity index is 2.39. The van der Waals surface area contributed by atoms with Crippen LogP contribution in [0.25, 0.3) is 0 Å². The first kappa shape index (κ1) is 14.9. The molecule has 0 unspecified atom stereocenters. The van der Waals surface area contributed by atoms with Gasteiger partial charge >= 0.3 is 0 Å². The third-order valence-electron chi connectivity index (χ3n) is 2.02. The summed E-state index contributed by atoms with van der Waals surface area (Å²) in [5, 5.41) is 4.66. The largest absolute Gasteiger partial charge is 0.381 e. The Morgan fingerprint density at radius 1 is 1.12 bits per heavy atom. The van der Waals surface area contributed by atoms with Gasteiger partial charge in [-0.25, -0.2) is 0 Å². The molecule has 0 saturated heterocycles. The predicted molar refractivity (Wildman–Crippen MR) is 75.6 cm³/mol. The topological polar surface area (TPSA) is 21.3 Å². The molecule has 0 aliphatic heterocycles. The molecule has 1 N–H and O–H groups in total. The van der Waals surface area contributed by atoms with E-state index >= 15 is 0 Å². The fourth-order valence-corrected chi connectivity index (χ4v) is 1.85. The molecule has 0 atom stereocenters. The van der Waals surface area contributed by atoms with Crippen LogP contribution in [0.1, 0.15) is 13.8 Å². The molecule has 0 aliphatic carbocycles. The van der Waals surface area contributed by atoms with Crippen LogP contribution in [-0.2, 0) is 4.74 Å². The molecule has 1 aromatic carbocycles. The van der Waals surface area contributed by atoms with Crippen molar-refractivity contribution in [3.8, 4) is 0 Å². The van der Waals surface area contributed by atoms with Gasteiger partial charge in [-0.3, -0.25) is 0 Å². The summed E-state index contributed by atoms with van der Waals surface area (Å²) < 4.78 is 5.45. The van der Waals surface area contributed by atoms with E-state index in [9.17, 15) is 0 Å². The third kappa shape index (κ3) is 5.35. The molecule has 1 rings (SSSR count). The summed E-state index contributed by atoms with van der Waals surface area (Å²) in [7, 11) is 0. The minimum absolute atomic E-state index is 0.457. The molecule has 0 fully saturated rings. The van der Waals surface area contributed by atoms with Gasteiger partial charge in [0.2, 0.25) is 0 Å². The lowest BCUT2D eigenvalue weighted by Crippen LogP contribution is -2.12. The summed E-state index contributed by atoms with van der Waals surface area (Å²) in [6.07, 6.45) is 0. The molecule has 0 aliphatic rings. The Labute approximate surface area is 117 Å². The Morgan fingerprint density at radius 2 is 1.76 bits per heavy atom. The van der Waals surface area contributed by atoms with Gasteiger partial charge in [0.05, 0.1) is 27.4 Å². The van der Waals surface area contributed by atoms with Crippen molar-refractivity contribution in [2.24, 2.45) is 5.92 Å². The van der Waals surface area contributed by atoms with Crippen molar-refractivity contribution in [3.05, 3.63) is 27.2 Å². The highest BCUT2D eigenvalue weighted by Crippen LogP contribution is 2.31. The van der Waals surface area contributed by atoms with E-state index in [1.165, 1.54) is 0 Å². The van der Waals surface area contributed by atoms with E-state index in [0.717, 1.165) is 12.3 Å². The molecule has 2 nitrogen and oxygen atoms in total. The van der Waals surface area contributed by atoms with E-state index in [-0.39, 0.29) is 0 Å². The quantitative estimate of drug-likeness (QED) is 0.605. The molecule has 0 radical (unpaired) electrons. The molecule has 0 saturated carbocycles. The van der Waals surface area contributed by atoms with Crippen LogP contribution in [0.3, 0.4) is 0 Å². The first-order chi connectivity index (χ1) is 8.00. The molecular weight excluding hydrogens is 280 g/mol. The van der Waals surface area contributed by atoms with Gasteiger partial charge in [-0.05, 0) is 18.1 Å². The number of nitrogens with one attached hydrogen (secondary N) is 1. The van der Waals surface area contributed by atoms with E-state index in [0.29, 0.717) is 34.1 Å². The SMILES string of the molecule is CC(C)COCCNc1cc(Cl)c(Cl)cc1Cl. The third-order valence-corrected chi connectivity index (χ3v) is 3.06. The van der Waals surface area contributed by atoms with Gasteiger partial charge in [-0.15, -0.1) is 0 Å². The van der Waals surface area contributed by atoms with Crippen LogP contribution in [0, 0.1) is 5.92 Å². The Bertz CT molecular complexity index is 369. The number of halogens is 3. The minimum Gasteiger partial charge on any atom is -0.381 e. The number of hydrogen-bond donors (Lipinski definition) is 1. The van der Waals surface area contributed by atoms with E-state index in [1.807, 2.05) is 0 Å². The first-order valence-corrected chi connectivity index (χ1v) is 6.60. The number of rotatable bonds is 6. The Morgan fingerprint density at radius 3 is 2.41 bits per heavy atom. The number of hydrogen-bond acceptors (Lipinski definition) is 2. The molecule has 0 heterocycles. The fraction of sp³-hybridized carbons (Fsp3) is 0.500. The van der Waals surface area contributed by atoms with Gasteiger partial charge < -0.3 is 10.1 Å². The van der Waals surface area contributed by atoms with Crippen LogP contribution in [0.4, 0.5) is 5.69 Å². The van der Waals surface area contributed by atoms with Gasteiger partial charge in [-0.1, -0.05) is 48.7 Å². The Kier molecular flexibility index (Phi) is 6.42. The molecule has 0 spiro atoms. The van der Waals surface area contributed by atoms with Crippen LogP contribution >= 0.6 is 34.8 Å². The number of ether oxygens (including phenoxy) is 1. The minimum atomic E-state index is 0.457. The maximum absolute atomic E-state index is 6.02. The summed E-state index contributed by atoms with van der Waals surface area (Å²) >= 11 is 17.8. The lowest BCUT2D eigenvalue weighted by atomic mass is 10.2. The normalized spacial score (nSPS) is 10.9.